The normalized spacial score (nSPS) is 10.5. The molecule has 0 bridgehead atoms. The number of rotatable bonds is 2. The molecule has 1 aromatic carbocycles. The second kappa shape index (κ2) is 4.74. The van der Waals surface area contributed by atoms with E-state index in [-0.39, 0.29) is 0 Å². The molecule has 0 amide bonds. The van der Waals surface area contributed by atoms with E-state index in [1.807, 2.05) is 47.1 Å². The van der Waals surface area contributed by atoms with Gasteiger partial charge in [0.2, 0.25) is 0 Å². The largest absolute Gasteiger partial charge is 0.265 e. The Hall–Kier alpha value is -1.94. The van der Waals surface area contributed by atoms with E-state index in [0.717, 1.165) is 21.4 Å². The van der Waals surface area contributed by atoms with Crippen LogP contribution in [0.3, 0.4) is 0 Å². The molecule has 4 heteroatoms. The quantitative estimate of drug-likeness (QED) is 0.722. The molecule has 18 heavy (non-hydrogen) atoms. The monoisotopic (exact) mass is 299 g/mol. The molecule has 0 unspecified atom stereocenters. The summed E-state index contributed by atoms with van der Waals surface area (Å²) in [5, 5.41) is 4.39. The van der Waals surface area contributed by atoms with Gasteiger partial charge in [0.1, 0.15) is 0 Å². The van der Waals surface area contributed by atoms with Crippen molar-refractivity contribution in [2.45, 2.75) is 0 Å². The van der Waals surface area contributed by atoms with Crippen LogP contribution < -0.4 is 0 Å². The first-order chi connectivity index (χ1) is 8.86. The van der Waals surface area contributed by atoms with Crippen LogP contribution in [-0.4, -0.2) is 14.8 Å². The average Bonchev–Trinajstić information content (AvgIpc) is 2.89. The molecule has 0 aliphatic rings. The predicted octanol–water partition coefficient (Wildman–Crippen LogP) is 3.70. The van der Waals surface area contributed by atoms with Crippen LogP contribution in [0.5, 0.6) is 0 Å². The highest BCUT2D eigenvalue weighted by atomic mass is 79.9. The van der Waals surface area contributed by atoms with Crippen LogP contribution in [0.2, 0.25) is 0 Å². The van der Waals surface area contributed by atoms with E-state index in [1.165, 1.54) is 0 Å². The lowest BCUT2D eigenvalue weighted by atomic mass is 10.2. The molecule has 0 N–H and O–H groups in total. The van der Waals surface area contributed by atoms with Gasteiger partial charge >= 0.3 is 0 Å². The fourth-order valence-corrected chi connectivity index (χ4v) is 2.31. The Balaban J connectivity index is 2.16. The molecule has 0 saturated heterocycles. The van der Waals surface area contributed by atoms with E-state index in [1.54, 1.807) is 18.6 Å². The van der Waals surface area contributed by atoms with Crippen LogP contribution in [-0.2, 0) is 0 Å². The molecule has 0 aliphatic carbocycles. The summed E-state index contributed by atoms with van der Waals surface area (Å²) in [6.45, 7) is 0. The minimum atomic E-state index is 1.02. The molecule has 3 rings (SSSR count). The number of hydrogen-bond donors (Lipinski definition) is 0. The molecule has 0 spiro atoms. The lowest BCUT2D eigenvalue weighted by Crippen LogP contribution is -1.99. The summed E-state index contributed by atoms with van der Waals surface area (Å²) in [6, 6.07) is 14.0. The maximum Gasteiger partial charge on any atom is 0.0794 e. The van der Waals surface area contributed by atoms with Crippen LogP contribution in [0.25, 0.3) is 16.9 Å². The number of aromatic nitrogens is 3. The zero-order valence-corrected chi connectivity index (χ0v) is 11.1. The van der Waals surface area contributed by atoms with Crippen molar-refractivity contribution in [2.75, 3.05) is 0 Å². The first kappa shape index (κ1) is 11.2. The molecule has 0 radical (unpaired) electrons. The number of pyridine rings is 1. The average molecular weight is 300 g/mol. The summed E-state index contributed by atoms with van der Waals surface area (Å²) >= 11 is 3.55. The van der Waals surface area contributed by atoms with Gasteiger partial charge in [-0.15, -0.1) is 0 Å². The SMILES string of the molecule is Brc1ccccc1-n1nccc1-c1ccncc1. The maximum absolute atomic E-state index is 4.39. The molecule has 0 atom stereocenters. The van der Waals surface area contributed by atoms with Crippen LogP contribution >= 0.6 is 15.9 Å². The summed E-state index contributed by atoms with van der Waals surface area (Å²) in [6.07, 6.45) is 5.37. The molecule has 0 fully saturated rings. The third-order valence-electron chi connectivity index (χ3n) is 2.70. The fraction of sp³-hybridized carbons (Fsp3) is 0. The van der Waals surface area contributed by atoms with Crippen LogP contribution in [0.15, 0.2) is 65.5 Å². The summed E-state index contributed by atoms with van der Waals surface area (Å²) in [5.41, 5.74) is 3.16. The van der Waals surface area contributed by atoms with Gasteiger partial charge in [-0.2, -0.15) is 5.10 Å². The van der Waals surface area contributed by atoms with Crippen molar-refractivity contribution < 1.29 is 0 Å². The Morgan fingerprint density at radius 3 is 2.44 bits per heavy atom. The fourth-order valence-electron chi connectivity index (χ4n) is 1.86. The van der Waals surface area contributed by atoms with Gasteiger partial charge in [-0.3, -0.25) is 4.98 Å². The lowest BCUT2D eigenvalue weighted by molar-refractivity contribution is 0.883. The number of nitrogens with zero attached hydrogens (tertiary/aromatic N) is 3. The zero-order valence-electron chi connectivity index (χ0n) is 9.49. The lowest BCUT2D eigenvalue weighted by Gasteiger charge is -2.09. The third kappa shape index (κ3) is 1.95. The van der Waals surface area contributed by atoms with Crippen molar-refractivity contribution in [3.63, 3.8) is 0 Å². The number of para-hydroxylation sites is 1. The van der Waals surface area contributed by atoms with E-state index in [2.05, 4.69) is 26.0 Å². The van der Waals surface area contributed by atoms with Crippen LogP contribution in [0.1, 0.15) is 0 Å². The molecule has 3 nitrogen and oxygen atoms in total. The topological polar surface area (TPSA) is 30.7 Å². The van der Waals surface area contributed by atoms with Crippen molar-refractivity contribution >= 4 is 15.9 Å². The Bertz CT molecular complexity index is 662. The number of hydrogen-bond acceptors (Lipinski definition) is 2. The highest BCUT2D eigenvalue weighted by Gasteiger charge is 2.09. The van der Waals surface area contributed by atoms with Crippen LogP contribution in [0.4, 0.5) is 0 Å². The molecule has 2 heterocycles. The summed E-state index contributed by atoms with van der Waals surface area (Å²) in [7, 11) is 0. The Labute approximate surface area is 113 Å². The standard InChI is InChI=1S/C14H10BrN3/c15-12-3-1-2-4-14(12)18-13(7-10-17-18)11-5-8-16-9-6-11/h1-10H. The zero-order chi connectivity index (χ0) is 12.4. The predicted molar refractivity (Wildman–Crippen MR) is 74.5 cm³/mol. The maximum atomic E-state index is 4.39. The molecular weight excluding hydrogens is 290 g/mol. The molecule has 0 aliphatic heterocycles. The van der Waals surface area contributed by atoms with E-state index < -0.39 is 0 Å². The van der Waals surface area contributed by atoms with Crippen molar-refractivity contribution in [1.29, 1.82) is 0 Å². The van der Waals surface area contributed by atoms with Gasteiger partial charge in [-0.25, -0.2) is 4.68 Å². The Kier molecular flexibility index (Phi) is 2.94. The molecule has 88 valence electrons. The number of benzene rings is 1. The second-order valence-corrected chi connectivity index (χ2v) is 4.67. The van der Waals surface area contributed by atoms with Gasteiger partial charge in [0.25, 0.3) is 0 Å². The Morgan fingerprint density at radius 2 is 1.67 bits per heavy atom. The summed E-state index contributed by atoms with van der Waals surface area (Å²) in [5.74, 6) is 0. The molecule has 3 aromatic rings. The van der Waals surface area contributed by atoms with E-state index >= 15 is 0 Å². The van der Waals surface area contributed by atoms with Gasteiger partial charge in [0.05, 0.1) is 17.6 Å². The minimum Gasteiger partial charge on any atom is -0.265 e. The van der Waals surface area contributed by atoms with Crippen molar-refractivity contribution in [3.8, 4) is 16.9 Å². The molecule has 0 saturated carbocycles. The summed E-state index contributed by atoms with van der Waals surface area (Å²) < 4.78 is 2.93. The first-order valence-electron chi connectivity index (χ1n) is 5.55. The highest BCUT2D eigenvalue weighted by Crippen LogP contribution is 2.26. The van der Waals surface area contributed by atoms with Gasteiger partial charge in [0, 0.05) is 22.4 Å². The van der Waals surface area contributed by atoms with Gasteiger partial charge in [-0.05, 0) is 46.3 Å². The third-order valence-corrected chi connectivity index (χ3v) is 3.37. The van der Waals surface area contributed by atoms with E-state index in [4.69, 9.17) is 0 Å². The van der Waals surface area contributed by atoms with Crippen molar-refractivity contribution in [1.82, 2.24) is 14.8 Å². The van der Waals surface area contributed by atoms with E-state index in [9.17, 15) is 0 Å². The minimum absolute atomic E-state index is 1.02. The van der Waals surface area contributed by atoms with E-state index in [0.29, 0.717) is 0 Å². The summed E-state index contributed by atoms with van der Waals surface area (Å²) in [4.78, 5) is 4.04. The highest BCUT2D eigenvalue weighted by molar-refractivity contribution is 9.10. The van der Waals surface area contributed by atoms with Crippen LogP contribution in [0, 0.1) is 0 Å². The van der Waals surface area contributed by atoms with Gasteiger partial charge in [0.15, 0.2) is 0 Å². The second-order valence-electron chi connectivity index (χ2n) is 3.82. The smallest absolute Gasteiger partial charge is 0.0794 e. The number of halogens is 1. The molecule has 2 aromatic heterocycles. The molecular formula is C14H10BrN3. The van der Waals surface area contributed by atoms with Gasteiger partial charge in [-0.1, -0.05) is 12.1 Å². The van der Waals surface area contributed by atoms with Crippen molar-refractivity contribution in [2.24, 2.45) is 0 Å². The van der Waals surface area contributed by atoms with Crippen molar-refractivity contribution in [3.05, 3.63) is 65.5 Å². The Morgan fingerprint density at radius 1 is 0.889 bits per heavy atom. The first-order valence-corrected chi connectivity index (χ1v) is 6.35. The van der Waals surface area contributed by atoms with Gasteiger partial charge < -0.3 is 0 Å².